The zero-order chi connectivity index (χ0) is 19.6. The largest absolute Gasteiger partial charge is 0.356 e. The second-order valence-electron chi connectivity index (χ2n) is 6.78. The smallest absolute Gasteiger partial charge is 0.246 e. The van der Waals surface area contributed by atoms with Crippen molar-refractivity contribution in [3.8, 4) is 0 Å². The van der Waals surface area contributed by atoms with Gasteiger partial charge in [0.2, 0.25) is 5.91 Å². The molecule has 0 aliphatic carbocycles. The van der Waals surface area contributed by atoms with E-state index < -0.39 is 0 Å². The average Bonchev–Trinajstić information content (AvgIpc) is 3.15. The Kier molecular flexibility index (Phi) is 7.44. The third kappa shape index (κ3) is 4.65. The number of aliphatic imine (C=N–C) groups is 1. The maximum atomic E-state index is 12.7. The van der Waals surface area contributed by atoms with Gasteiger partial charge in [0, 0.05) is 51.2 Å². The maximum absolute atomic E-state index is 12.7. The fraction of sp³-hybridized carbons (Fsp3) is 0.556. The van der Waals surface area contributed by atoms with Gasteiger partial charge in [0.25, 0.3) is 0 Å². The van der Waals surface area contributed by atoms with Crippen LogP contribution in [0, 0.1) is 13.8 Å². The van der Waals surface area contributed by atoms with Gasteiger partial charge in [-0.25, -0.2) is 4.99 Å². The Balaban J connectivity index is 0.00000280. The molecule has 2 aromatic rings. The Bertz CT molecular complexity index is 856. The summed E-state index contributed by atoms with van der Waals surface area (Å²) >= 11 is 0. The lowest BCUT2D eigenvalue weighted by atomic mass is 10.2. The van der Waals surface area contributed by atoms with E-state index in [1.165, 1.54) is 0 Å². The first-order valence-electron chi connectivity index (χ1n) is 9.22. The number of guanidine groups is 1. The molecule has 0 radical (unpaired) electrons. The van der Waals surface area contributed by atoms with Crippen LogP contribution in [0.3, 0.4) is 0 Å². The second-order valence-corrected chi connectivity index (χ2v) is 6.78. The summed E-state index contributed by atoms with van der Waals surface area (Å²) in [4.78, 5) is 21.2. The van der Waals surface area contributed by atoms with Gasteiger partial charge >= 0.3 is 0 Å². The Morgan fingerprint density at radius 3 is 2.57 bits per heavy atom. The number of halogens is 1. The first-order chi connectivity index (χ1) is 12.9. The van der Waals surface area contributed by atoms with E-state index in [9.17, 15) is 4.79 Å². The number of amides is 1. The molecule has 0 saturated carbocycles. The van der Waals surface area contributed by atoms with Gasteiger partial charge in [-0.2, -0.15) is 10.2 Å². The van der Waals surface area contributed by atoms with E-state index in [2.05, 4.69) is 15.5 Å². The number of aromatic nitrogens is 4. The van der Waals surface area contributed by atoms with Crippen LogP contribution in [0.15, 0.2) is 17.4 Å². The third-order valence-electron chi connectivity index (χ3n) is 4.90. The Labute approximate surface area is 182 Å². The molecule has 1 saturated heterocycles. The molecule has 1 aliphatic rings. The number of hydrogen-bond acceptors (Lipinski definition) is 4. The topological polar surface area (TPSA) is 83.6 Å². The van der Waals surface area contributed by atoms with Crippen LogP contribution in [0.25, 0.3) is 0 Å². The van der Waals surface area contributed by atoms with Crippen molar-refractivity contribution in [2.45, 2.75) is 27.3 Å². The van der Waals surface area contributed by atoms with Gasteiger partial charge in [-0.3, -0.25) is 14.2 Å². The molecule has 10 heteroatoms. The van der Waals surface area contributed by atoms with Crippen LogP contribution in [0.4, 0.5) is 5.69 Å². The highest BCUT2D eigenvalue weighted by atomic mass is 127. The molecule has 3 rings (SSSR count). The number of hydrogen-bond donors (Lipinski definition) is 1. The van der Waals surface area contributed by atoms with Crippen molar-refractivity contribution in [2.24, 2.45) is 19.1 Å². The molecule has 0 spiro atoms. The minimum Gasteiger partial charge on any atom is -0.356 e. The van der Waals surface area contributed by atoms with Crippen molar-refractivity contribution in [2.75, 3.05) is 31.1 Å². The fourth-order valence-electron chi connectivity index (χ4n) is 3.30. The Morgan fingerprint density at radius 2 is 2.04 bits per heavy atom. The summed E-state index contributed by atoms with van der Waals surface area (Å²) in [6.07, 6.45) is 3.58. The summed E-state index contributed by atoms with van der Waals surface area (Å²) in [5.41, 5.74) is 4.08. The molecule has 1 N–H and O–H groups in total. The van der Waals surface area contributed by atoms with Crippen LogP contribution in [0.2, 0.25) is 0 Å². The number of aryl methyl sites for hydroxylation is 3. The van der Waals surface area contributed by atoms with Gasteiger partial charge in [0.15, 0.2) is 5.96 Å². The van der Waals surface area contributed by atoms with Gasteiger partial charge in [-0.1, -0.05) is 0 Å². The molecule has 3 heterocycles. The lowest BCUT2D eigenvalue weighted by molar-refractivity contribution is -0.120. The molecular weight excluding hydrogens is 471 g/mol. The molecule has 0 bridgehead atoms. The van der Waals surface area contributed by atoms with Crippen molar-refractivity contribution in [1.29, 1.82) is 0 Å². The summed E-state index contributed by atoms with van der Waals surface area (Å²) in [5.74, 6) is 0.813. The maximum Gasteiger partial charge on any atom is 0.246 e. The molecule has 1 amide bonds. The third-order valence-corrected chi connectivity index (χ3v) is 4.90. The zero-order valence-corrected chi connectivity index (χ0v) is 19.5. The molecule has 154 valence electrons. The fourth-order valence-corrected chi connectivity index (χ4v) is 3.30. The van der Waals surface area contributed by atoms with Crippen LogP contribution in [0.5, 0.6) is 0 Å². The van der Waals surface area contributed by atoms with E-state index in [0.29, 0.717) is 19.6 Å². The summed E-state index contributed by atoms with van der Waals surface area (Å²) in [5, 5.41) is 11.9. The van der Waals surface area contributed by atoms with Gasteiger partial charge in [-0.15, -0.1) is 24.0 Å². The number of carbonyl (C=O) groups is 1. The lowest BCUT2D eigenvalue weighted by Gasteiger charge is -2.35. The summed E-state index contributed by atoms with van der Waals surface area (Å²) in [6.45, 7) is 9.01. The second kappa shape index (κ2) is 9.39. The number of anilines is 1. The highest BCUT2D eigenvalue weighted by molar-refractivity contribution is 14.0. The van der Waals surface area contributed by atoms with Crippen molar-refractivity contribution >= 4 is 41.5 Å². The molecule has 0 aromatic carbocycles. The van der Waals surface area contributed by atoms with Gasteiger partial charge < -0.3 is 15.1 Å². The van der Waals surface area contributed by atoms with Crippen molar-refractivity contribution in [3.05, 3.63) is 29.3 Å². The predicted octanol–water partition coefficient (Wildman–Crippen LogP) is 1.20. The van der Waals surface area contributed by atoms with E-state index in [1.54, 1.807) is 15.8 Å². The van der Waals surface area contributed by atoms with Gasteiger partial charge in [0.1, 0.15) is 6.54 Å². The first kappa shape index (κ1) is 22.2. The Hall–Kier alpha value is -2.11. The number of nitrogens with one attached hydrogen (secondary N) is 1. The number of nitrogens with zero attached hydrogens (tertiary/aromatic N) is 7. The monoisotopic (exact) mass is 500 g/mol. The minimum absolute atomic E-state index is 0. The van der Waals surface area contributed by atoms with Crippen LogP contribution < -0.4 is 10.2 Å². The molecule has 0 atom stereocenters. The molecule has 2 aromatic heterocycles. The molecule has 1 fully saturated rings. The van der Waals surface area contributed by atoms with Crippen LogP contribution >= 0.6 is 24.0 Å². The van der Waals surface area contributed by atoms with Gasteiger partial charge in [-0.05, 0) is 20.8 Å². The predicted molar refractivity (Wildman–Crippen MR) is 120 cm³/mol. The average molecular weight is 500 g/mol. The summed E-state index contributed by atoms with van der Waals surface area (Å²) in [7, 11) is 3.79. The van der Waals surface area contributed by atoms with Crippen molar-refractivity contribution in [3.63, 3.8) is 0 Å². The standard InChI is InChI=1S/C18H28N8O.HI/c1-6-19-18(20-10-16-13(2)22-24(5)14(16)3)25-7-8-26(17(27)12-25)15-9-21-23(4)11-15;/h9,11H,6-8,10,12H2,1-5H3,(H,19,20);1H. The van der Waals surface area contributed by atoms with Crippen LogP contribution in [-0.4, -0.2) is 62.5 Å². The summed E-state index contributed by atoms with van der Waals surface area (Å²) < 4.78 is 3.59. The molecule has 28 heavy (non-hydrogen) atoms. The van der Waals surface area contributed by atoms with Crippen LogP contribution in [-0.2, 0) is 25.4 Å². The number of piperazine rings is 1. The summed E-state index contributed by atoms with van der Waals surface area (Å²) in [6, 6.07) is 0. The Morgan fingerprint density at radius 1 is 1.29 bits per heavy atom. The molecule has 1 aliphatic heterocycles. The molecular formula is C18H29IN8O. The zero-order valence-electron chi connectivity index (χ0n) is 17.1. The quantitative estimate of drug-likeness (QED) is 0.388. The molecule has 0 unspecified atom stereocenters. The normalized spacial score (nSPS) is 15.0. The van der Waals surface area contributed by atoms with Crippen LogP contribution in [0.1, 0.15) is 23.9 Å². The molecule has 9 nitrogen and oxygen atoms in total. The minimum atomic E-state index is 0. The van der Waals surface area contributed by atoms with Gasteiger partial charge in [0.05, 0.1) is 24.1 Å². The number of carbonyl (C=O) groups excluding carboxylic acids is 1. The van der Waals surface area contributed by atoms with E-state index in [-0.39, 0.29) is 29.9 Å². The van der Waals surface area contributed by atoms with E-state index >= 15 is 0 Å². The highest BCUT2D eigenvalue weighted by Crippen LogP contribution is 2.17. The van der Waals surface area contributed by atoms with E-state index in [4.69, 9.17) is 4.99 Å². The lowest BCUT2D eigenvalue weighted by Crippen LogP contribution is -2.55. The SMILES string of the molecule is CCNC(=NCc1c(C)nn(C)c1C)N1CCN(c2cnn(C)c2)C(=O)C1.I. The van der Waals surface area contributed by atoms with E-state index in [0.717, 1.165) is 41.7 Å². The van der Waals surface area contributed by atoms with Crippen molar-refractivity contribution in [1.82, 2.24) is 29.8 Å². The van der Waals surface area contributed by atoms with Crippen molar-refractivity contribution < 1.29 is 4.79 Å². The van der Waals surface area contributed by atoms with E-state index in [1.807, 2.05) is 50.6 Å². The first-order valence-corrected chi connectivity index (χ1v) is 9.22. The highest BCUT2D eigenvalue weighted by Gasteiger charge is 2.27. The number of rotatable bonds is 4.